The molecule has 0 aliphatic carbocycles. The second-order valence-electron chi connectivity index (χ2n) is 4.23. The summed E-state index contributed by atoms with van der Waals surface area (Å²) in [5.74, 6) is 0.239. The number of amides is 1. The molecule has 1 aromatic rings. The van der Waals surface area contributed by atoms with E-state index in [2.05, 4.69) is 20.9 Å². The molecule has 108 valence electrons. The maximum absolute atomic E-state index is 12.1. The molecule has 3 nitrogen and oxygen atoms in total. The number of hydrogen-bond acceptors (Lipinski definition) is 2. The molecule has 0 aromatic heterocycles. The maximum atomic E-state index is 12.1. The number of carbonyl (C=O) groups excluding carboxylic acids is 1. The van der Waals surface area contributed by atoms with Crippen molar-refractivity contribution < 1.29 is 9.53 Å². The van der Waals surface area contributed by atoms with Gasteiger partial charge in [-0.25, -0.2) is 0 Å². The van der Waals surface area contributed by atoms with Crippen LogP contribution in [0.3, 0.4) is 0 Å². The zero-order valence-corrected chi connectivity index (χ0v) is 13.7. The van der Waals surface area contributed by atoms with E-state index in [0.717, 1.165) is 16.5 Å². The lowest BCUT2D eigenvalue weighted by Gasteiger charge is -2.06. The quantitative estimate of drug-likeness (QED) is 0.568. The monoisotopic (exact) mass is 337 g/mol. The number of aliphatic imine (C=N–C) groups is 1. The van der Waals surface area contributed by atoms with E-state index in [4.69, 9.17) is 4.74 Å². The fourth-order valence-corrected chi connectivity index (χ4v) is 2.20. The van der Waals surface area contributed by atoms with E-state index < -0.39 is 0 Å². The zero-order valence-electron chi connectivity index (χ0n) is 12.1. The fourth-order valence-electron chi connectivity index (χ4n) is 1.69. The number of benzene rings is 1. The van der Waals surface area contributed by atoms with E-state index in [9.17, 15) is 4.79 Å². The Labute approximate surface area is 128 Å². The molecule has 1 rings (SSSR count). The summed E-state index contributed by atoms with van der Waals surface area (Å²) in [6, 6.07) is 5.46. The van der Waals surface area contributed by atoms with Gasteiger partial charge in [0.15, 0.2) is 5.90 Å². The van der Waals surface area contributed by atoms with E-state index in [1.807, 2.05) is 39.0 Å². The summed E-state index contributed by atoms with van der Waals surface area (Å²) in [7, 11) is 0. The Kier molecular flexibility index (Phi) is 7.23. The topological polar surface area (TPSA) is 38.7 Å². The van der Waals surface area contributed by atoms with Crippen LogP contribution in [0.1, 0.15) is 49.5 Å². The highest BCUT2D eigenvalue weighted by atomic mass is 79.9. The Hall–Kier alpha value is -1.42. The van der Waals surface area contributed by atoms with Crippen LogP contribution in [-0.2, 0) is 4.74 Å². The average Bonchev–Trinajstić information content (AvgIpc) is 2.41. The first-order valence-corrected chi connectivity index (χ1v) is 7.58. The van der Waals surface area contributed by atoms with Crippen molar-refractivity contribution >= 4 is 33.8 Å². The lowest BCUT2D eigenvalue weighted by molar-refractivity contribution is 0.0998. The van der Waals surface area contributed by atoms with Crippen LogP contribution >= 0.6 is 15.9 Å². The van der Waals surface area contributed by atoms with Crippen LogP contribution in [0.5, 0.6) is 0 Å². The number of ether oxygens (including phenoxy) is 1. The molecule has 1 aromatic carbocycles. The number of carbonyl (C=O) groups is 1. The number of halogens is 1. The minimum Gasteiger partial charge on any atom is -0.481 e. The molecule has 0 saturated heterocycles. The summed E-state index contributed by atoms with van der Waals surface area (Å²) in [6.45, 7) is 6.39. The standard InChI is InChI=1S/C16H20BrNO2/c1-4-7-12-9-10-13(11-14(12)17)16(19)18-15(8-5-2)20-6-3/h4,7,9-11H,5-6,8H2,1-3H3/b7-4-,18-15?. The van der Waals surface area contributed by atoms with E-state index in [1.165, 1.54) is 0 Å². The number of allylic oxidation sites excluding steroid dienone is 1. The van der Waals surface area contributed by atoms with Crippen LogP contribution in [0, 0.1) is 0 Å². The largest absolute Gasteiger partial charge is 0.481 e. The minimum atomic E-state index is -0.269. The predicted octanol–water partition coefficient (Wildman–Crippen LogP) is 4.86. The van der Waals surface area contributed by atoms with Gasteiger partial charge in [0.2, 0.25) is 0 Å². The third-order valence-electron chi connectivity index (χ3n) is 2.59. The van der Waals surface area contributed by atoms with Gasteiger partial charge in [-0.1, -0.05) is 41.1 Å². The summed E-state index contributed by atoms with van der Waals surface area (Å²) in [4.78, 5) is 16.2. The van der Waals surface area contributed by atoms with Crippen molar-refractivity contribution in [3.05, 3.63) is 39.9 Å². The van der Waals surface area contributed by atoms with Gasteiger partial charge in [-0.2, -0.15) is 4.99 Å². The van der Waals surface area contributed by atoms with Gasteiger partial charge in [-0.3, -0.25) is 4.79 Å². The maximum Gasteiger partial charge on any atom is 0.280 e. The first-order valence-electron chi connectivity index (χ1n) is 6.79. The fraction of sp³-hybridized carbons (Fsp3) is 0.375. The number of hydrogen-bond donors (Lipinski definition) is 0. The molecule has 0 aliphatic rings. The van der Waals surface area contributed by atoms with E-state index in [1.54, 1.807) is 12.1 Å². The van der Waals surface area contributed by atoms with Gasteiger partial charge in [0.25, 0.3) is 5.91 Å². The Morgan fingerprint density at radius 1 is 1.40 bits per heavy atom. The van der Waals surface area contributed by atoms with Crippen molar-refractivity contribution in [3.8, 4) is 0 Å². The van der Waals surface area contributed by atoms with Crippen molar-refractivity contribution in [1.29, 1.82) is 0 Å². The third-order valence-corrected chi connectivity index (χ3v) is 3.28. The van der Waals surface area contributed by atoms with Crippen molar-refractivity contribution in [1.82, 2.24) is 0 Å². The minimum absolute atomic E-state index is 0.269. The van der Waals surface area contributed by atoms with Crippen LogP contribution in [0.2, 0.25) is 0 Å². The molecule has 0 aliphatic heterocycles. The highest BCUT2D eigenvalue weighted by molar-refractivity contribution is 9.10. The molecule has 0 atom stereocenters. The molecule has 1 amide bonds. The molecule has 20 heavy (non-hydrogen) atoms. The van der Waals surface area contributed by atoms with Crippen LogP contribution in [0.25, 0.3) is 6.08 Å². The van der Waals surface area contributed by atoms with E-state index in [-0.39, 0.29) is 5.91 Å². The molecular weight excluding hydrogens is 318 g/mol. The lowest BCUT2D eigenvalue weighted by atomic mass is 10.1. The number of rotatable bonds is 5. The summed E-state index contributed by atoms with van der Waals surface area (Å²) >= 11 is 3.46. The SMILES string of the molecule is C/C=C\c1ccc(C(=O)N=C(CCC)OCC)cc1Br. The Balaban J connectivity index is 2.96. The number of nitrogens with zero attached hydrogens (tertiary/aromatic N) is 1. The van der Waals surface area contributed by atoms with E-state index in [0.29, 0.717) is 24.5 Å². The van der Waals surface area contributed by atoms with Gasteiger partial charge in [0, 0.05) is 16.5 Å². The van der Waals surface area contributed by atoms with Crippen molar-refractivity contribution in [2.45, 2.75) is 33.6 Å². The Morgan fingerprint density at radius 3 is 2.70 bits per heavy atom. The van der Waals surface area contributed by atoms with Gasteiger partial charge >= 0.3 is 0 Å². The molecule has 0 radical (unpaired) electrons. The molecular formula is C16H20BrNO2. The zero-order chi connectivity index (χ0) is 15.0. The summed E-state index contributed by atoms with van der Waals surface area (Å²) in [5, 5.41) is 0. The summed E-state index contributed by atoms with van der Waals surface area (Å²) in [5.41, 5.74) is 1.59. The molecule has 0 spiro atoms. The second kappa shape index (κ2) is 8.69. The second-order valence-corrected chi connectivity index (χ2v) is 5.08. The van der Waals surface area contributed by atoms with E-state index >= 15 is 0 Å². The molecule has 0 N–H and O–H groups in total. The van der Waals surface area contributed by atoms with Crippen molar-refractivity contribution in [3.63, 3.8) is 0 Å². The van der Waals surface area contributed by atoms with Gasteiger partial charge < -0.3 is 4.74 Å². The first kappa shape index (κ1) is 16.6. The molecule has 0 heterocycles. The molecule has 0 unspecified atom stereocenters. The first-order chi connectivity index (χ1) is 9.62. The van der Waals surface area contributed by atoms with Crippen molar-refractivity contribution in [2.24, 2.45) is 4.99 Å². The predicted molar refractivity (Wildman–Crippen MR) is 87.1 cm³/mol. The van der Waals surface area contributed by atoms with Gasteiger partial charge in [-0.05, 0) is 38.0 Å². The van der Waals surface area contributed by atoms with Crippen molar-refractivity contribution in [2.75, 3.05) is 6.61 Å². The van der Waals surface area contributed by atoms with Gasteiger partial charge in [-0.15, -0.1) is 0 Å². The highest BCUT2D eigenvalue weighted by Crippen LogP contribution is 2.20. The van der Waals surface area contributed by atoms with Crippen LogP contribution < -0.4 is 0 Å². The summed E-state index contributed by atoms with van der Waals surface area (Å²) in [6.07, 6.45) is 5.51. The Bertz CT molecular complexity index is 513. The third kappa shape index (κ3) is 4.93. The normalized spacial score (nSPS) is 11.9. The smallest absolute Gasteiger partial charge is 0.280 e. The average molecular weight is 338 g/mol. The molecule has 0 fully saturated rings. The molecule has 0 bridgehead atoms. The molecule has 0 saturated carbocycles. The van der Waals surface area contributed by atoms with Crippen LogP contribution in [0.4, 0.5) is 0 Å². The highest BCUT2D eigenvalue weighted by Gasteiger charge is 2.09. The van der Waals surface area contributed by atoms with Gasteiger partial charge in [0.1, 0.15) is 0 Å². The lowest BCUT2D eigenvalue weighted by Crippen LogP contribution is -2.08. The summed E-state index contributed by atoms with van der Waals surface area (Å²) < 4.78 is 6.25. The molecule has 4 heteroatoms. The van der Waals surface area contributed by atoms with Gasteiger partial charge in [0.05, 0.1) is 6.61 Å². The van der Waals surface area contributed by atoms with Crippen LogP contribution in [-0.4, -0.2) is 18.4 Å². The Morgan fingerprint density at radius 2 is 2.15 bits per heavy atom. The van der Waals surface area contributed by atoms with Crippen LogP contribution in [0.15, 0.2) is 33.7 Å².